The van der Waals surface area contributed by atoms with E-state index in [0.29, 0.717) is 5.56 Å². The van der Waals surface area contributed by atoms with Crippen LogP contribution in [0.3, 0.4) is 0 Å². The number of rotatable bonds is 4. The maximum atomic E-state index is 12.9. The third kappa shape index (κ3) is 5.04. The van der Waals surface area contributed by atoms with Crippen LogP contribution >= 0.6 is 24.0 Å². The number of benzene rings is 2. The zero-order valence-corrected chi connectivity index (χ0v) is 17.0. The van der Waals surface area contributed by atoms with E-state index >= 15 is 0 Å². The number of thioether (sulfide) groups is 1. The first-order chi connectivity index (χ1) is 13.4. The van der Waals surface area contributed by atoms with Gasteiger partial charge in [0.25, 0.3) is 5.91 Å². The summed E-state index contributed by atoms with van der Waals surface area (Å²) in [7, 11) is -3.90. The lowest BCUT2D eigenvalue weighted by Gasteiger charge is -2.15. The molecule has 1 heterocycles. The predicted octanol–water partition coefficient (Wildman–Crippen LogP) is 3.75. The van der Waals surface area contributed by atoms with E-state index in [2.05, 4.69) is 0 Å². The van der Waals surface area contributed by atoms with Gasteiger partial charge in [0.1, 0.15) is 4.32 Å². The Bertz CT molecular complexity index is 1130. The Labute approximate surface area is 174 Å². The van der Waals surface area contributed by atoms with Crippen molar-refractivity contribution in [3.63, 3.8) is 0 Å². The lowest BCUT2D eigenvalue weighted by atomic mass is 10.1. The van der Waals surface area contributed by atoms with E-state index in [1.165, 1.54) is 41.3 Å². The molecule has 0 unspecified atom stereocenters. The van der Waals surface area contributed by atoms with Crippen molar-refractivity contribution in [1.82, 2.24) is 4.90 Å². The molecule has 5 nitrogen and oxygen atoms in total. The molecule has 2 aromatic rings. The van der Waals surface area contributed by atoms with Gasteiger partial charge >= 0.3 is 6.18 Å². The van der Waals surface area contributed by atoms with Gasteiger partial charge in [0.2, 0.25) is 10.0 Å². The lowest BCUT2D eigenvalue weighted by Crippen LogP contribution is -2.27. The highest BCUT2D eigenvalue weighted by molar-refractivity contribution is 8.26. The molecule has 0 bridgehead atoms. The van der Waals surface area contributed by atoms with Gasteiger partial charge in [-0.3, -0.25) is 9.69 Å². The van der Waals surface area contributed by atoms with Gasteiger partial charge in [-0.05, 0) is 41.5 Å². The zero-order chi connectivity index (χ0) is 21.4. The Hall–Kier alpha value is -2.21. The molecule has 1 amide bonds. The largest absolute Gasteiger partial charge is 0.416 e. The van der Waals surface area contributed by atoms with Crippen molar-refractivity contribution in [1.29, 1.82) is 0 Å². The number of hydrogen-bond donors (Lipinski definition) is 1. The quantitative estimate of drug-likeness (QED) is 0.558. The number of alkyl halides is 3. The molecule has 0 spiro atoms. The van der Waals surface area contributed by atoms with E-state index in [4.69, 9.17) is 17.4 Å². The molecule has 1 aliphatic heterocycles. The van der Waals surface area contributed by atoms with E-state index in [0.717, 1.165) is 23.9 Å². The fourth-order valence-corrected chi connectivity index (χ4v) is 4.42. The average molecular weight is 459 g/mol. The van der Waals surface area contributed by atoms with Crippen molar-refractivity contribution < 1.29 is 26.4 Å². The number of nitrogens with zero attached hydrogens (tertiary/aromatic N) is 1. The van der Waals surface area contributed by atoms with Gasteiger partial charge in [-0.2, -0.15) is 13.2 Å². The van der Waals surface area contributed by atoms with E-state index in [-0.39, 0.29) is 26.2 Å². The van der Waals surface area contributed by atoms with Crippen LogP contribution in [-0.2, 0) is 27.5 Å². The molecular formula is C18H13F3N2O3S3. The molecule has 0 saturated carbocycles. The Morgan fingerprint density at radius 1 is 1.14 bits per heavy atom. The van der Waals surface area contributed by atoms with Crippen LogP contribution in [0, 0.1) is 0 Å². The number of sulfonamides is 1. The van der Waals surface area contributed by atoms with Gasteiger partial charge in [0.05, 0.1) is 21.9 Å². The summed E-state index contributed by atoms with van der Waals surface area (Å²) in [6.45, 7) is -0.108. The number of carbonyl (C=O) groups excluding carboxylic acids is 1. The van der Waals surface area contributed by atoms with Crippen LogP contribution in [0.5, 0.6) is 0 Å². The monoisotopic (exact) mass is 458 g/mol. The number of thiocarbonyl (C=S) groups is 1. The Morgan fingerprint density at radius 3 is 2.48 bits per heavy atom. The second-order valence-electron chi connectivity index (χ2n) is 6.08. The van der Waals surface area contributed by atoms with Gasteiger partial charge in [-0.15, -0.1) is 0 Å². The van der Waals surface area contributed by atoms with Gasteiger partial charge in [-0.25, -0.2) is 13.6 Å². The van der Waals surface area contributed by atoms with Crippen LogP contribution in [0.1, 0.15) is 16.7 Å². The first kappa shape index (κ1) is 21.5. The van der Waals surface area contributed by atoms with Gasteiger partial charge in [-0.1, -0.05) is 48.2 Å². The van der Waals surface area contributed by atoms with E-state index < -0.39 is 27.7 Å². The highest BCUT2D eigenvalue weighted by Gasteiger charge is 2.33. The molecule has 0 aromatic heterocycles. The van der Waals surface area contributed by atoms with Crippen LogP contribution in [0.4, 0.5) is 13.2 Å². The molecule has 3 rings (SSSR count). The second-order valence-corrected chi connectivity index (χ2v) is 9.32. The van der Waals surface area contributed by atoms with Crippen molar-refractivity contribution in [2.45, 2.75) is 17.6 Å². The molecule has 11 heteroatoms. The van der Waals surface area contributed by atoms with Gasteiger partial charge < -0.3 is 0 Å². The second kappa shape index (κ2) is 7.90. The molecule has 0 atom stereocenters. The Kier molecular flexibility index (Phi) is 5.86. The number of hydrogen-bond acceptors (Lipinski definition) is 5. The number of amides is 1. The summed E-state index contributed by atoms with van der Waals surface area (Å²) in [4.78, 5) is 14.0. The average Bonchev–Trinajstić information content (AvgIpc) is 2.88. The fourth-order valence-electron chi connectivity index (χ4n) is 2.60. The molecule has 1 saturated heterocycles. The molecule has 2 N–H and O–H groups in total. The smallest absolute Gasteiger partial charge is 0.288 e. The first-order valence-corrected chi connectivity index (χ1v) is 10.8. The van der Waals surface area contributed by atoms with Crippen LogP contribution in [0.15, 0.2) is 58.3 Å². The number of carbonyl (C=O) groups is 1. The summed E-state index contributed by atoms with van der Waals surface area (Å²) in [5.74, 6) is -0.474. The summed E-state index contributed by atoms with van der Waals surface area (Å²) in [5.41, 5.74) is -0.0968. The SMILES string of the molecule is NS(=O)(=O)c1cccc(/C=C2\SC(=S)N(Cc3cccc(C(F)(F)F)c3)C2=O)c1. The number of halogens is 3. The minimum absolute atomic E-state index is 0.106. The normalized spacial score (nSPS) is 16.7. The highest BCUT2D eigenvalue weighted by Crippen LogP contribution is 2.35. The summed E-state index contributed by atoms with van der Waals surface area (Å²) in [6, 6.07) is 10.4. The summed E-state index contributed by atoms with van der Waals surface area (Å²) in [5, 5.41) is 5.10. The van der Waals surface area contributed by atoms with Crippen molar-refractivity contribution >= 4 is 50.3 Å². The van der Waals surface area contributed by atoms with Crippen molar-refractivity contribution in [3.05, 3.63) is 70.1 Å². The first-order valence-electron chi connectivity index (χ1n) is 7.99. The number of nitrogens with two attached hydrogens (primary N) is 1. The molecule has 0 radical (unpaired) electrons. The van der Waals surface area contributed by atoms with Crippen LogP contribution in [0.25, 0.3) is 6.08 Å². The fraction of sp³-hybridized carbons (Fsp3) is 0.111. The molecule has 1 fully saturated rings. The summed E-state index contributed by atoms with van der Waals surface area (Å²) >= 11 is 6.18. The van der Waals surface area contributed by atoms with Crippen molar-refractivity contribution in [2.75, 3.05) is 0 Å². The maximum Gasteiger partial charge on any atom is 0.416 e. The topological polar surface area (TPSA) is 80.5 Å². The molecule has 1 aliphatic rings. The number of primary sulfonamides is 1. The van der Waals surface area contributed by atoms with E-state index in [9.17, 15) is 26.4 Å². The highest BCUT2D eigenvalue weighted by atomic mass is 32.2. The summed E-state index contributed by atoms with van der Waals surface area (Å²) in [6.07, 6.45) is -3.03. The van der Waals surface area contributed by atoms with Crippen molar-refractivity contribution in [2.24, 2.45) is 5.14 Å². The van der Waals surface area contributed by atoms with Crippen LogP contribution in [-0.4, -0.2) is 23.5 Å². The van der Waals surface area contributed by atoms with Crippen molar-refractivity contribution in [3.8, 4) is 0 Å². The van der Waals surface area contributed by atoms with Crippen LogP contribution < -0.4 is 5.14 Å². The molecular weight excluding hydrogens is 445 g/mol. The molecule has 29 heavy (non-hydrogen) atoms. The standard InChI is InChI=1S/C18H13F3N2O3S3/c19-18(20,21)13-5-1-4-12(7-13)10-23-16(24)15(28-17(23)27)9-11-3-2-6-14(8-11)29(22,25)26/h1-9H,10H2,(H2,22,25,26)/b15-9-. The molecule has 152 valence electrons. The molecule has 0 aliphatic carbocycles. The third-order valence-electron chi connectivity index (χ3n) is 3.95. The molecule has 2 aromatic carbocycles. The third-order valence-corrected chi connectivity index (χ3v) is 6.24. The van der Waals surface area contributed by atoms with E-state index in [1.807, 2.05) is 0 Å². The minimum atomic E-state index is -4.49. The Morgan fingerprint density at radius 2 is 1.83 bits per heavy atom. The maximum absolute atomic E-state index is 12.9. The Balaban J connectivity index is 1.85. The predicted molar refractivity (Wildman–Crippen MR) is 108 cm³/mol. The zero-order valence-electron chi connectivity index (χ0n) is 14.5. The van der Waals surface area contributed by atoms with Crippen LogP contribution in [0.2, 0.25) is 0 Å². The minimum Gasteiger partial charge on any atom is -0.288 e. The lowest BCUT2D eigenvalue weighted by molar-refractivity contribution is -0.137. The van der Waals surface area contributed by atoms with E-state index in [1.54, 1.807) is 6.07 Å². The van der Waals surface area contributed by atoms with Gasteiger partial charge in [0, 0.05) is 0 Å². The summed E-state index contributed by atoms with van der Waals surface area (Å²) < 4.78 is 61.8. The van der Waals surface area contributed by atoms with Gasteiger partial charge in [0.15, 0.2) is 0 Å².